The van der Waals surface area contributed by atoms with Gasteiger partial charge in [-0.25, -0.2) is 0 Å². The Morgan fingerprint density at radius 2 is 0.875 bits per heavy atom. The van der Waals surface area contributed by atoms with Crippen molar-refractivity contribution >= 4 is 102 Å². The number of hydrogen-bond acceptors (Lipinski definition) is 3. The molecule has 0 radical (unpaired) electrons. The van der Waals surface area contributed by atoms with Crippen molar-refractivity contribution in [2.45, 2.75) is 0 Å². The zero-order chi connectivity index (χ0) is 42.1. The number of para-hydroxylation sites is 3. The van der Waals surface area contributed by atoms with Gasteiger partial charge >= 0.3 is 0 Å². The maximum atomic E-state index is 2.52. The predicted molar refractivity (Wildman–Crippen MR) is 278 cm³/mol. The number of fused-ring (bicyclic) bond motifs is 9. The van der Waals surface area contributed by atoms with Crippen LogP contribution in [0.4, 0.5) is 17.1 Å². The van der Waals surface area contributed by atoms with Crippen LogP contribution < -0.4 is 4.90 Å². The molecule has 300 valence electrons. The first-order valence-corrected chi connectivity index (χ1v) is 23.4. The molecule has 0 atom stereocenters. The standard InChI is InChI=1S/C60H38N2S2/c1-3-17-39(18-4-1)43-21-7-11-29-53(43)61(41-19-5-2-6-20-41)42-34-35-46-45-22-8-12-30-54(45)62(56(46)38-42)55-36-33-40(44-25-15-26-49-47-23-9-13-31-57(47)63-59(44)49)37-52(55)51-28-16-27-50-48-24-10-14-32-58(48)64-60(50)51/h1-38H. The predicted octanol–water partition coefficient (Wildman–Crippen LogP) is 18.0. The zero-order valence-corrected chi connectivity index (χ0v) is 36.3. The summed E-state index contributed by atoms with van der Waals surface area (Å²) in [5.74, 6) is 0. The Morgan fingerprint density at radius 1 is 0.312 bits per heavy atom. The Labute approximate surface area is 378 Å². The monoisotopic (exact) mass is 850 g/mol. The molecule has 3 heterocycles. The number of hydrogen-bond donors (Lipinski definition) is 0. The molecule has 0 amide bonds. The number of thiophene rings is 2. The maximum Gasteiger partial charge on any atom is 0.0562 e. The lowest BCUT2D eigenvalue weighted by molar-refractivity contribution is 1.18. The molecule has 0 fully saturated rings. The average Bonchev–Trinajstić information content (AvgIpc) is 4.04. The summed E-state index contributed by atoms with van der Waals surface area (Å²) in [6, 6.07) is 84.7. The summed E-state index contributed by atoms with van der Waals surface area (Å²) >= 11 is 3.78. The second kappa shape index (κ2) is 15.0. The molecule has 13 aromatic rings. The summed E-state index contributed by atoms with van der Waals surface area (Å²) < 4.78 is 7.76. The third-order valence-electron chi connectivity index (χ3n) is 12.8. The minimum Gasteiger partial charge on any atom is -0.310 e. The molecule has 0 aliphatic heterocycles. The first kappa shape index (κ1) is 36.9. The lowest BCUT2D eigenvalue weighted by atomic mass is 9.95. The molecule has 2 nitrogen and oxygen atoms in total. The van der Waals surface area contributed by atoms with E-state index in [-0.39, 0.29) is 0 Å². The van der Waals surface area contributed by atoms with Crippen molar-refractivity contribution in [1.82, 2.24) is 4.57 Å². The SMILES string of the molecule is c1ccc(-c2ccccc2N(c2ccccc2)c2ccc3c4ccccc4n(-c4ccc(-c5cccc6c5sc5ccccc56)cc4-c4cccc5c4sc4ccccc45)c3c2)cc1. The van der Waals surface area contributed by atoms with Crippen molar-refractivity contribution in [2.75, 3.05) is 4.90 Å². The quantitative estimate of drug-likeness (QED) is 0.155. The van der Waals surface area contributed by atoms with Crippen molar-refractivity contribution in [2.24, 2.45) is 0 Å². The highest BCUT2D eigenvalue weighted by atomic mass is 32.1. The minimum atomic E-state index is 1.09. The van der Waals surface area contributed by atoms with Crippen molar-refractivity contribution in [3.05, 3.63) is 231 Å². The molecule has 0 saturated carbocycles. The minimum absolute atomic E-state index is 1.09. The van der Waals surface area contributed by atoms with Gasteiger partial charge in [0.1, 0.15) is 0 Å². The molecule has 0 N–H and O–H groups in total. The highest BCUT2D eigenvalue weighted by Crippen LogP contribution is 2.48. The van der Waals surface area contributed by atoms with Crippen LogP contribution in [0.5, 0.6) is 0 Å². The van der Waals surface area contributed by atoms with Crippen LogP contribution in [0.1, 0.15) is 0 Å². The van der Waals surface area contributed by atoms with Crippen LogP contribution in [-0.4, -0.2) is 4.57 Å². The van der Waals surface area contributed by atoms with Crippen molar-refractivity contribution in [1.29, 1.82) is 0 Å². The average molecular weight is 851 g/mol. The Balaban J connectivity index is 1.10. The Kier molecular flexibility index (Phi) is 8.61. The molecule has 64 heavy (non-hydrogen) atoms. The van der Waals surface area contributed by atoms with Gasteiger partial charge in [0.25, 0.3) is 0 Å². The first-order chi connectivity index (χ1) is 31.8. The van der Waals surface area contributed by atoms with Gasteiger partial charge in [-0.2, -0.15) is 0 Å². The highest BCUT2D eigenvalue weighted by molar-refractivity contribution is 7.26. The van der Waals surface area contributed by atoms with E-state index >= 15 is 0 Å². The third-order valence-corrected chi connectivity index (χ3v) is 15.2. The number of aromatic nitrogens is 1. The Hall–Kier alpha value is -7.76. The topological polar surface area (TPSA) is 8.17 Å². The third kappa shape index (κ3) is 5.84. The molecule has 4 heteroatoms. The summed E-state index contributed by atoms with van der Waals surface area (Å²) in [6.45, 7) is 0. The Bertz CT molecular complexity index is 3910. The molecule has 0 unspecified atom stereocenters. The lowest BCUT2D eigenvalue weighted by Crippen LogP contribution is -2.11. The fourth-order valence-electron chi connectivity index (χ4n) is 9.94. The van der Waals surface area contributed by atoms with Crippen LogP contribution in [0, 0.1) is 0 Å². The normalized spacial score (nSPS) is 11.8. The summed E-state index contributed by atoms with van der Waals surface area (Å²) in [5, 5.41) is 7.66. The lowest BCUT2D eigenvalue weighted by Gasteiger charge is -2.28. The van der Waals surface area contributed by atoms with Crippen molar-refractivity contribution in [3.63, 3.8) is 0 Å². The molecule has 0 spiro atoms. The Morgan fingerprint density at radius 3 is 1.62 bits per heavy atom. The van der Waals surface area contributed by atoms with Gasteiger partial charge in [-0.1, -0.05) is 170 Å². The number of nitrogens with zero attached hydrogens (tertiary/aromatic N) is 2. The van der Waals surface area contributed by atoms with Gasteiger partial charge < -0.3 is 9.47 Å². The van der Waals surface area contributed by atoms with Crippen LogP contribution in [0.25, 0.3) is 101 Å². The number of rotatable bonds is 7. The second-order valence-corrected chi connectivity index (χ2v) is 18.5. The first-order valence-electron chi connectivity index (χ1n) is 21.8. The molecule has 3 aromatic heterocycles. The van der Waals surface area contributed by atoms with E-state index in [1.165, 1.54) is 90.0 Å². The van der Waals surface area contributed by atoms with Crippen LogP contribution in [0.2, 0.25) is 0 Å². The summed E-state index contributed by atoms with van der Waals surface area (Å²) in [7, 11) is 0. The van der Waals surface area contributed by atoms with Crippen LogP contribution >= 0.6 is 22.7 Å². The smallest absolute Gasteiger partial charge is 0.0562 e. The summed E-state index contributed by atoms with van der Waals surface area (Å²) in [4.78, 5) is 2.41. The summed E-state index contributed by atoms with van der Waals surface area (Å²) in [6.07, 6.45) is 0. The van der Waals surface area contributed by atoms with Gasteiger partial charge in [0.05, 0.1) is 22.4 Å². The van der Waals surface area contributed by atoms with Gasteiger partial charge in [0.15, 0.2) is 0 Å². The van der Waals surface area contributed by atoms with Gasteiger partial charge in [0, 0.05) is 79.2 Å². The van der Waals surface area contributed by atoms with E-state index in [9.17, 15) is 0 Å². The van der Waals surface area contributed by atoms with Gasteiger partial charge in [0.2, 0.25) is 0 Å². The molecule has 13 rings (SSSR count). The van der Waals surface area contributed by atoms with E-state index in [0.717, 1.165) is 28.3 Å². The van der Waals surface area contributed by atoms with Gasteiger partial charge in [-0.05, 0) is 77.4 Å². The second-order valence-electron chi connectivity index (χ2n) is 16.4. The van der Waals surface area contributed by atoms with Gasteiger partial charge in [-0.15, -0.1) is 22.7 Å². The number of anilines is 3. The molecular weight excluding hydrogens is 813 g/mol. The number of benzene rings is 10. The highest BCUT2D eigenvalue weighted by Gasteiger charge is 2.23. The van der Waals surface area contributed by atoms with E-state index in [1.54, 1.807) is 0 Å². The maximum absolute atomic E-state index is 2.52. The largest absolute Gasteiger partial charge is 0.310 e. The van der Waals surface area contributed by atoms with Crippen LogP contribution in [-0.2, 0) is 0 Å². The van der Waals surface area contributed by atoms with Gasteiger partial charge in [-0.3, -0.25) is 0 Å². The molecule has 0 saturated heterocycles. The molecule has 0 aliphatic rings. The van der Waals surface area contributed by atoms with E-state index in [1.807, 2.05) is 22.7 Å². The molecule has 10 aromatic carbocycles. The van der Waals surface area contributed by atoms with Crippen LogP contribution in [0.15, 0.2) is 231 Å². The van der Waals surface area contributed by atoms with Crippen LogP contribution in [0.3, 0.4) is 0 Å². The zero-order valence-electron chi connectivity index (χ0n) is 34.7. The van der Waals surface area contributed by atoms with E-state index in [0.29, 0.717) is 0 Å². The fraction of sp³-hybridized carbons (Fsp3) is 0. The summed E-state index contributed by atoms with van der Waals surface area (Å²) in [5.41, 5.74) is 14.1. The van der Waals surface area contributed by atoms with E-state index in [4.69, 9.17) is 0 Å². The molecule has 0 bridgehead atoms. The fourth-order valence-corrected chi connectivity index (χ4v) is 12.4. The van der Waals surface area contributed by atoms with Crippen molar-refractivity contribution in [3.8, 4) is 39.1 Å². The van der Waals surface area contributed by atoms with E-state index in [2.05, 4.69) is 240 Å². The molecular formula is C60H38N2S2. The van der Waals surface area contributed by atoms with Crippen molar-refractivity contribution < 1.29 is 0 Å². The molecule has 0 aliphatic carbocycles. The van der Waals surface area contributed by atoms with E-state index < -0.39 is 0 Å².